The molecule has 8 heteroatoms. The summed E-state index contributed by atoms with van der Waals surface area (Å²) in [6.07, 6.45) is 4.96. The number of hydrogen-bond donors (Lipinski definition) is 0. The van der Waals surface area contributed by atoms with Crippen molar-refractivity contribution in [3.63, 3.8) is 0 Å². The topological polar surface area (TPSA) is 81.1 Å². The number of nitrogens with zero attached hydrogens (tertiary/aromatic N) is 5. The minimum absolute atomic E-state index is 0.177. The largest absolute Gasteiger partial charge is 0.497 e. The molecule has 3 heterocycles. The van der Waals surface area contributed by atoms with Gasteiger partial charge in [-0.15, -0.1) is 0 Å². The molecule has 0 atom stereocenters. The molecule has 0 saturated heterocycles. The predicted octanol–water partition coefficient (Wildman–Crippen LogP) is 4.49. The van der Waals surface area contributed by atoms with Crippen LogP contribution in [0.2, 0.25) is 0 Å². The molecule has 5 aromatic rings. The highest BCUT2D eigenvalue weighted by atomic mass is 32.1. The Labute approximate surface area is 182 Å². The summed E-state index contributed by atoms with van der Waals surface area (Å²) in [5.41, 5.74) is 3.50. The average Bonchev–Trinajstić information content (AvgIpc) is 3.25. The molecule has 0 fully saturated rings. The van der Waals surface area contributed by atoms with E-state index in [1.807, 2.05) is 36.4 Å². The number of benzene rings is 2. The first-order valence-corrected chi connectivity index (χ1v) is 10.4. The molecule has 152 valence electrons. The van der Waals surface area contributed by atoms with E-state index >= 15 is 0 Å². The lowest BCUT2D eigenvalue weighted by atomic mass is 10.1. The summed E-state index contributed by atoms with van der Waals surface area (Å²) in [5.74, 6) is 0.572. The lowest BCUT2D eigenvalue weighted by Crippen LogP contribution is -2.30. The molecule has 0 bridgehead atoms. The first kappa shape index (κ1) is 19.1. The van der Waals surface area contributed by atoms with Crippen LogP contribution in [0.3, 0.4) is 0 Å². The van der Waals surface area contributed by atoms with Crippen molar-refractivity contribution in [1.82, 2.24) is 19.9 Å². The van der Waals surface area contributed by atoms with Gasteiger partial charge < -0.3 is 4.74 Å². The maximum atomic E-state index is 13.6. The number of methoxy groups -OCH3 is 1. The Morgan fingerprint density at radius 3 is 2.58 bits per heavy atom. The van der Waals surface area contributed by atoms with Crippen LogP contribution in [0.4, 0.5) is 5.13 Å². The van der Waals surface area contributed by atoms with Gasteiger partial charge in [0.05, 0.1) is 40.6 Å². The summed E-state index contributed by atoms with van der Waals surface area (Å²) in [6, 6.07) is 16.6. The van der Waals surface area contributed by atoms with E-state index in [4.69, 9.17) is 9.72 Å². The molecule has 3 aromatic heterocycles. The van der Waals surface area contributed by atoms with Gasteiger partial charge in [0.2, 0.25) is 0 Å². The highest BCUT2D eigenvalue weighted by Crippen LogP contribution is 2.33. The number of carbonyl (C=O) groups excluding carboxylic acids is 1. The van der Waals surface area contributed by atoms with Crippen LogP contribution >= 0.6 is 11.3 Å². The molecule has 1 amide bonds. The van der Waals surface area contributed by atoms with E-state index < -0.39 is 0 Å². The van der Waals surface area contributed by atoms with Gasteiger partial charge in [-0.25, -0.2) is 4.98 Å². The van der Waals surface area contributed by atoms with Crippen molar-refractivity contribution in [2.75, 3.05) is 12.0 Å². The van der Waals surface area contributed by atoms with Crippen LogP contribution in [-0.2, 0) is 6.54 Å². The lowest BCUT2D eigenvalue weighted by Gasteiger charge is -2.19. The van der Waals surface area contributed by atoms with Crippen molar-refractivity contribution in [1.29, 1.82) is 0 Å². The number of aromatic nitrogens is 4. The van der Waals surface area contributed by atoms with E-state index in [1.165, 1.54) is 11.3 Å². The van der Waals surface area contributed by atoms with E-state index in [0.29, 0.717) is 22.8 Å². The number of anilines is 1. The molecular weight excluding hydrogens is 410 g/mol. The third kappa shape index (κ3) is 3.80. The number of hydrogen-bond acceptors (Lipinski definition) is 7. The zero-order valence-corrected chi connectivity index (χ0v) is 17.4. The number of rotatable bonds is 5. The van der Waals surface area contributed by atoms with Crippen molar-refractivity contribution >= 4 is 43.6 Å². The van der Waals surface area contributed by atoms with Crippen LogP contribution in [0.5, 0.6) is 5.75 Å². The zero-order valence-electron chi connectivity index (χ0n) is 16.6. The van der Waals surface area contributed by atoms with Gasteiger partial charge in [0.25, 0.3) is 5.91 Å². The molecule has 0 radical (unpaired) electrons. The van der Waals surface area contributed by atoms with E-state index in [2.05, 4.69) is 15.0 Å². The van der Waals surface area contributed by atoms with Gasteiger partial charge in [-0.1, -0.05) is 17.4 Å². The summed E-state index contributed by atoms with van der Waals surface area (Å²) in [4.78, 5) is 32.9. The Bertz CT molecular complexity index is 1390. The molecule has 0 saturated carbocycles. The van der Waals surface area contributed by atoms with Crippen molar-refractivity contribution in [3.8, 4) is 5.75 Å². The molecule has 0 aliphatic rings. The van der Waals surface area contributed by atoms with Gasteiger partial charge in [0.1, 0.15) is 5.75 Å². The van der Waals surface area contributed by atoms with Crippen molar-refractivity contribution in [2.24, 2.45) is 0 Å². The normalized spacial score (nSPS) is 11.0. The number of carbonyl (C=O) groups is 1. The minimum Gasteiger partial charge on any atom is -0.497 e. The van der Waals surface area contributed by atoms with E-state index in [1.54, 1.807) is 48.8 Å². The second-order valence-electron chi connectivity index (χ2n) is 6.80. The Kier molecular flexibility index (Phi) is 4.97. The fourth-order valence-electron chi connectivity index (χ4n) is 3.27. The zero-order chi connectivity index (χ0) is 21.2. The summed E-state index contributed by atoms with van der Waals surface area (Å²) < 4.78 is 6.26. The summed E-state index contributed by atoms with van der Waals surface area (Å²) in [5, 5.41) is 0.596. The first-order valence-electron chi connectivity index (χ1n) is 9.58. The second kappa shape index (κ2) is 8.08. The molecule has 31 heavy (non-hydrogen) atoms. The maximum Gasteiger partial charge on any atom is 0.260 e. The molecule has 7 nitrogen and oxygen atoms in total. The van der Waals surface area contributed by atoms with Crippen molar-refractivity contribution in [2.45, 2.75) is 6.54 Å². The quantitative estimate of drug-likeness (QED) is 0.411. The van der Waals surface area contributed by atoms with Gasteiger partial charge in [-0.3, -0.25) is 24.6 Å². The minimum atomic E-state index is -0.177. The first-order chi connectivity index (χ1) is 15.2. The summed E-state index contributed by atoms with van der Waals surface area (Å²) in [6.45, 7) is 0.301. The Balaban J connectivity index is 1.58. The average molecular weight is 427 g/mol. The third-order valence-corrected chi connectivity index (χ3v) is 5.86. The van der Waals surface area contributed by atoms with Crippen molar-refractivity contribution < 1.29 is 9.53 Å². The Morgan fingerprint density at radius 1 is 0.935 bits per heavy atom. The number of thiazole rings is 1. The molecule has 0 N–H and O–H groups in total. The molecule has 2 aromatic carbocycles. The third-order valence-electron chi connectivity index (χ3n) is 4.82. The highest BCUT2D eigenvalue weighted by molar-refractivity contribution is 7.22. The predicted molar refractivity (Wildman–Crippen MR) is 120 cm³/mol. The lowest BCUT2D eigenvalue weighted by molar-refractivity contribution is 0.0985. The van der Waals surface area contributed by atoms with Gasteiger partial charge in [-0.05, 0) is 48.5 Å². The smallest absolute Gasteiger partial charge is 0.260 e. The molecule has 0 unspecified atom stereocenters. The fourth-order valence-corrected chi connectivity index (χ4v) is 4.26. The van der Waals surface area contributed by atoms with Gasteiger partial charge in [0, 0.05) is 24.2 Å². The van der Waals surface area contributed by atoms with Crippen LogP contribution in [0, 0.1) is 0 Å². The Morgan fingerprint density at radius 2 is 1.77 bits per heavy atom. The molecule has 0 spiro atoms. The van der Waals surface area contributed by atoms with Crippen LogP contribution < -0.4 is 9.64 Å². The van der Waals surface area contributed by atoms with Crippen LogP contribution in [-0.4, -0.2) is 33.0 Å². The second-order valence-corrected chi connectivity index (χ2v) is 7.81. The number of fused-ring (bicyclic) bond motifs is 2. The molecule has 0 aliphatic carbocycles. The molecular formula is C23H17N5O2S. The molecule has 0 aliphatic heterocycles. The Hall–Kier alpha value is -3.91. The van der Waals surface area contributed by atoms with Gasteiger partial charge in [-0.2, -0.15) is 0 Å². The van der Waals surface area contributed by atoms with Gasteiger partial charge in [0.15, 0.2) is 5.13 Å². The van der Waals surface area contributed by atoms with Crippen LogP contribution in [0.1, 0.15) is 16.1 Å². The number of ether oxygens (including phenoxy) is 1. The van der Waals surface area contributed by atoms with E-state index in [9.17, 15) is 4.79 Å². The number of amides is 1. The fraction of sp³-hybridized carbons (Fsp3) is 0.0870. The van der Waals surface area contributed by atoms with Crippen molar-refractivity contribution in [3.05, 3.63) is 84.4 Å². The molecule has 5 rings (SSSR count). The number of pyridine rings is 1. The SMILES string of the molecule is COc1ccc2nc(N(Cc3ccccn3)C(=O)c3ccc4nccnc4c3)sc2c1. The summed E-state index contributed by atoms with van der Waals surface area (Å²) in [7, 11) is 1.63. The van der Waals surface area contributed by atoms with Gasteiger partial charge >= 0.3 is 0 Å². The van der Waals surface area contributed by atoms with Crippen LogP contribution in [0.15, 0.2) is 73.2 Å². The van der Waals surface area contributed by atoms with Crippen LogP contribution in [0.25, 0.3) is 21.3 Å². The highest BCUT2D eigenvalue weighted by Gasteiger charge is 2.23. The summed E-state index contributed by atoms with van der Waals surface area (Å²) >= 11 is 1.44. The van der Waals surface area contributed by atoms with E-state index in [-0.39, 0.29) is 5.91 Å². The maximum absolute atomic E-state index is 13.6. The monoisotopic (exact) mass is 427 g/mol. The standard InChI is InChI=1S/C23H17N5O2S/c1-30-17-6-8-19-21(13-17)31-23(27-19)28(14-16-4-2-3-9-24-16)22(29)15-5-7-18-20(12-15)26-11-10-25-18/h2-13H,14H2,1H3. The van der Waals surface area contributed by atoms with E-state index in [0.717, 1.165) is 27.2 Å².